The van der Waals surface area contributed by atoms with Crippen LogP contribution in [0.25, 0.3) is 11.3 Å². The van der Waals surface area contributed by atoms with E-state index < -0.39 is 0 Å². The maximum absolute atomic E-state index is 9.53. The molecule has 0 spiro atoms. The van der Waals surface area contributed by atoms with Gasteiger partial charge in [0.15, 0.2) is 11.5 Å². The Labute approximate surface area is 116 Å². The highest BCUT2D eigenvalue weighted by molar-refractivity contribution is 5.69. The number of aryl methyl sites for hydroxylation is 1. The highest BCUT2D eigenvalue weighted by Gasteiger charge is 2.18. The summed E-state index contributed by atoms with van der Waals surface area (Å²) in [6.45, 7) is 1.90. The fraction of sp³-hybridized carbons (Fsp3) is 0.267. The zero-order valence-electron chi connectivity index (χ0n) is 11.1. The van der Waals surface area contributed by atoms with Crippen molar-refractivity contribution in [1.29, 1.82) is 0 Å². The average molecular weight is 273 g/mol. The maximum Gasteiger partial charge on any atom is 0.231 e. The van der Waals surface area contributed by atoms with E-state index in [0.29, 0.717) is 17.2 Å². The summed E-state index contributed by atoms with van der Waals surface area (Å²) in [4.78, 5) is 4.47. The molecular weight excluding hydrogens is 258 g/mol. The number of rotatable bonds is 3. The molecule has 0 saturated carbocycles. The summed E-state index contributed by atoms with van der Waals surface area (Å²) in [6.07, 6.45) is 0. The SMILES string of the molecule is Cc1cc(CO)cc(-c2cc3c(cc2CO)OCO3)n1. The van der Waals surface area contributed by atoms with Gasteiger partial charge in [0.05, 0.1) is 18.9 Å². The molecule has 0 amide bonds. The summed E-state index contributed by atoms with van der Waals surface area (Å²) in [6, 6.07) is 7.22. The van der Waals surface area contributed by atoms with Crippen molar-refractivity contribution in [2.24, 2.45) is 0 Å². The minimum atomic E-state index is -0.115. The van der Waals surface area contributed by atoms with Gasteiger partial charge in [-0.25, -0.2) is 0 Å². The van der Waals surface area contributed by atoms with E-state index in [0.717, 1.165) is 22.4 Å². The van der Waals surface area contributed by atoms with Crippen LogP contribution in [0.3, 0.4) is 0 Å². The minimum absolute atomic E-state index is 0.0463. The third kappa shape index (κ3) is 2.21. The predicted octanol–water partition coefficient (Wildman–Crippen LogP) is 1.77. The molecule has 2 aromatic rings. The van der Waals surface area contributed by atoms with E-state index in [1.54, 1.807) is 6.07 Å². The predicted molar refractivity (Wildman–Crippen MR) is 72.4 cm³/mol. The van der Waals surface area contributed by atoms with Gasteiger partial charge in [-0.15, -0.1) is 0 Å². The van der Waals surface area contributed by atoms with Gasteiger partial charge in [0.1, 0.15) is 0 Å². The summed E-state index contributed by atoms with van der Waals surface area (Å²) in [5.41, 5.74) is 3.81. The van der Waals surface area contributed by atoms with Crippen LogP contribution in [0.1, 0.15) is 16.8 Å². The summed E-state index contributed by atoms with van der Waals surface area (Å²) in [5.74, 6) is 1.28. The highest BCUT2D eigenvalue weighted by atomic mass is 16.7. The molecule has 0 unspecified atom stereocenters. The first kappa shape index (κ1) is 12.9. The molecule has 0 saturated heterocycles. The van der Waals surface area contributed by atoms with Crippen molar-refractivity contribution >= 4 is 0 Å². The number of aliphatic hydroxyl groups is 2. The first-order valence-electron chi connectivity index (χ1n) is 6.33. The normalized spacial score (nSPS) is 12.8. The Morgan fingerprint density at radius 1 is 1.05 bits per heavy atom. The molecule has 1 aliphatic heterocycles. The fourth-order valence-corrected chi connectivity index (χ4v) is 2.32. The molecule has 0 bridgehead atoms. The van der Waals surface area contributed by atoms with Gasteiger partial charge in [-0.3, -0.25) is 4.98 Å². The summed E-state index contributed by atoms with van der Waals surface area (Å²) in [7, 11) is 0. The van der Waals surface area contributed by atoms with Gasteiger partial charge in [0.25, 0.3) is 0 Å². The monoisotopic (exact) mass is 273 g/mol. The summed E-state index contributed by atoms with van der Waals surface area (Å²) >= 11 is 0. The Kier molecular flexibility index (Phi) is 3.30. The molecule has 2 heterocycles. The molecule has 0 atom stereocenters. The number of aliphatic hydroxyl groups excluding tert-OH is 2. The first-order chi connectivity index (χ1) is 9.71. The van der Waals surface area contributed by atoms with E-state index in [4.69, 9.17) is 9.47 Å². The second kappa shape index (κ2) is 5.11. The maximum atomic E-state index is 9.53. The number of hydrogen-bond donors (Lipinski definition) is 2. The highest BCUT2D eigenvalue weighted by Crippen LogP contribution is 2.38. The quantitative estimate of drug-likeness (QED) is 0.891. The topological polar surface area (TPSA) is 71.8 Å². The zero-order valence-corrected chi connectivity index (χ0v) is 11.1. The molecule has 1 aliphatic rings. The lowest BCUT2D eigenvalue weighted by Gasteiger charge is -2.10. The van der Waals surface area contributed by atoms with Crippen molar-refractivity contribution in [3.05, 3.63) is 41.1 Å². The van der Waals surface area contributed by atoms with Crippen molar-refractivity contribution in [3.8, 4) is 22.8 Å². The van der Waals surface area contributed by atoms with E-state index in [1.807, 2.05) is 25.1 Å². The Morgan fingerprint density at radius 2 is 1.80 bits per heavy atom. The second-order valence-electron chi connectivity index (χ2n) is 4.68. The number of ether oxygens (including phenoxy) is 2. The lowest BCUT2D eigenvalue weighted by atomic mass is 10.0. The number of hydrogen-bond acceptors (Lipinski definition) is 5. The molecule has 5 heteroatoms. The number of nitrogens with zero attached hydrogens (tertiary/aromatic N) is 1. The van der Waals surface area contributed by atoms with Gasteiger partial charge >= 0.3 is 0 Å². The molecule has 2 N–H and O–H groups in total. The van der Waals surface area contributed by atoms with Crippen molar-refractivity contribution in [1.82, 2.24) is 4.98 Å². The van der Waals surface area contributed by atoms with Crippen LogP contribution in [0.2, 0.25) is 0 Å². The molecule has 3 rings (SSSR count). The number of pyridine rings is 1. The molecule has 1 aromatic carbocycles. The van der Waals surface area contributed by atoms with Crippen LogP contribution >= 0.6 is 0 Å². The van der Waals surface area contributed by atoms with Gasteiger partial charge in [-0.2, -0.15) is 0 Å². The molecule has 104 valence electrons. The van der Waals surface area contributed by atoms with Crippen LogP contribution in [0.4, 0.5) is 0 Å². The van der Waals surface area contributed by atoms with Crippen LogP contribution in [0.15, 0.2) is 24.3 Å². The van der Waals surface area contributed by atoms with Gasteiger partial charge in [-0.1, -0.05) is 0 Å². The summed E-state index contributed by atoms with van der Waals surface area (Å²) in [5, 5.41) is 18.8. The van der Waals surface area contributed by atoms with Crippen molar-refractivity contribution in [3.63, 3.8) is 0 Å². The van der Waals surface area contributed by atoms with E-state index in [1.165, 1.54) is 0 Å². The Morgan fingerprint density at radius 3 is 2.50 bits per heavy atom. The minimum Gasteiger partial charge on any atom is -0.454 e. The van der Waals surface area contributed by atoms with Crippen LogP contribution in [-0.4, -0.2) is 22.0 Å². The first-order valence-corrected chi connectivity index (χ1v) is 6.33. The van der Waals surface area contributed by atoms with Crippen LogP contribution in [0.5, 0.6) is 11.5 Å². The lowest BCUT2D eigenvalue weighted by Crippen LogP contribution is -1.96. The number of fused-ring (bicyclic) bond motifs is 1. The summed E-state index contributed by atoms with van der Waals surface area (Å²) < 4.78 is 10.7. The molecule has 5 nitrogen and oxygen atoms in total. The van der Waals surface area contributed by atoms with Crippen molar-refractivity contribution < 1.29 is 19.7 Å². The number of aromatic nitrogens is 1. The lowest BCUT2D eigenvalue weighted by molar-refractivity contribution is 0.174. The zero-order chi connectivity index (χ0) is 14.1. The molecule has 0 radical (unpaired) electrons. The van der Waals surface area contributed by atoms with Gasteiger partial charge in [0, 0.05) is 11.3 Å². The van der Waals surface area contributed by atoms with Crippen LogP contribution in [0, 0.1) is 6.92 Å². The van der Waals surface area contributed by atoms with Gasteiger partial charge < -0.3 is 19.7 Å². The van der Waals surface area contributed by atoms with E-state index in [2.05, 4.69) is 4.98 Å². The molecule has 20 heavy (non-hydrogen) atoms. The molecule has 1 aromatic heterocycles. The molecular formula is C15H15NO4. The van der Waals surface area contributed by atoms with E-state index in [9.17, 15) is 10.2 Å². The Balaban J connectivity index is 2.16. The third-order valence-electron chi connectivity index (χ3n) is 3.24. The third-order valence-corrected chi connectivity index (χ3v) is 3.24. The Bertz CT molecular complexity index is 655. The van der Waals surface area contributed by atoms with E-state index in [-0.39, 0.29) is 20.0 Å². The largest absolute Gasteiger partial charge is 0.454 e. The van der Waals surface area contributed by atoms with Crippen molar-refractivity contribution in [2.75, 3.05) is 6.79 Å². The second-order valence-corrected chi connectivity index (χ2v) is 4.68. The Hall–Kier alpha value is -2.11. The number of benzene rings is 1. The standard InChI is InChI=1S/C15H15NO4/c1-9-2-10(6-17)3-13(16-9)12-5-15-14(19-8-20-15)4-11(12)7-18/h2-5,17-18H,6-8H2,1H3. The van der Waals surface area contributed by atoms with Gasteiger partial charge in [-0.05, 0) is 42.3 Å². The molecule has 0 fully saturated rings. The average Bonchev–Trinajstić information content (AvgIpc) is 2.92. The van der Waals surface area contributed by atoms with Crippen LogP contribution < -0.4 is 9.47 Å². The van der Waals surface area contributed by atoms with Crippen LogP contribution in [-0.2, 0) is 13.2 Å². The smallest absolute Gasteiger partial charge is 0.231 e. The molecule has 0 aliphatic carbocycles. The van der Waals surface area contributed by atoms with Gasteiger partial charge in [0.2, 0.25) is 6.79 Å². The fourth-order valence-electron chi connectivity index (χ4n) is 2.32. The van der Waals surface area contributed by atoms with Crippen molar-refractivity contribution in [2.45, 2.75) is 20.1 Å². The van der Waals surface area contributed by atoms with E-state index >= 15 is 0 Å².